The van der Waals surface area contributed by atoms with Crippen LogP contribution in [0.1, 0.15) is 43.4 Å². The highest BCUT2D eigenvalue weighted by molar-refractivity contribution is 5.92. The van der Waals surface area contributed by atoms with Crippen LogP contribution in [0.4, 0.5) is 0 Å². The van der Waals surface area contributed by atoms with Gasteiger partial charge in [0.2, 0.25) is 0 Å². The maximum absolute atomic E-state index is 12.8. The number of rotatable bonds is 6. The Hall–Kier alpha value is -2.30. The molecule has 0 spiro atoms. The monoisotopic (exact) mass is 343 g/mol. The summed E-state index contributed by atoms with van der Waals surface area (Å²) in [4.78, 5) is 24.0. The lowest BCUT2D eigenvalue weighted by Crippen LogP contribution is -2.23. The largest absolute Gasteiger partial charge is 0.497 e. The molecular formula is C20H25NO4. The van der Waals surface area contributed by atoms with Crippen LogP contribution in [0, 0.1) is 12.8 Å². The number of Topliss-reactive ketones (excluding diaryl/α,β-unsaturated/α-hetero) is 1. The van der Waals surface area contributed by atoms with E-state index in [4.69, 9.17) is 4.74 Å². The minimum absolute atomic E-state index is 0.0554. The van der Waals surface area contributed by atoms with Gasteiger partial charge >= 0.3 is 5.97 Å². The molecule has 3 rings (SSSR count). The van der Waals surface area contributed by atoms with E-state index in [1.54, 1.807) is 7.11 Å². The fourth-order valence-corrected chi connectivity index (χ4v) is 3.95. The molecule has 1 saturated carbocycles. The Balaban J connectivity index is 2.00. The predicted octanol–water partition coefficient (Wildman–Crippen LogP) is 3.73. The number of hydrogen-bond acceptors (Lipinski definition) is 3. The van der Waals surface area contributed by atoms with Gasteiger partial charge in [-0.25, -0.2) is 0 Å². The maximum atomic E-state index is 12.8. The van der Waals surface area contributed by atoms with Gasteiger partial charge in [0.05, 0.1) is 20.1 Å². The van der Waals surface area contributed by atoms with Crippen molar-refractivity contribution in [2.75, 3.05) is 7.11 Å². The molecule has 0 saturated heterocycles. The maximum Gasteiger partial charge on any atom is 0.307 e. The molecule has 25 heavy (non-hydrogen) atoms. The molecule has 1 aromatic heterocycles. The molecule has 5 nitrogen and oxygen atoms in total. The third kappa shape index (κ3) is 3.55. The van der Waals surface area contributed by atoms with Gasteiger partial charge in [0.1, 0.15) is 5.75 Å². The van der Waals surface area contributed by atoms with Crippen molar-refractivity contribution in [3.8, 4) is 5.75 Å². The number of carbonyl (C=O) groups excluding carboxylic acids is 1. The predicted molar refractivity (Wildman–Crippen MR) is 96.1 cm³/mol. The van der Waals surface area contributed by atoms with Crippen LogP contribution in [0.15, 0.2) is 18.2 Å². The normalized spacial score (nSPS) is 15.4. The van der Waals surface area contributed by atoms with E-state index in [1.165, 1.54) is 6.42 Å². The Kier molecular flexibility index (Phi) is 5.11. The third-order valence-corrected chi connectivity index (χ3v) is 5.36. The van der Waals surface area contributed by atoms with Crippen LogP contribution in [0.25, 0.3) is 10.9 Å². The highest BCUT2D eigenvalue weighted by Crippen LogP contribution is 2.31. The minimum Gasteiger partial charge on any atom is -0.497 e. The Morgan fingerprint density at radius 1 is 1.24 bits per heavy atom. The minimum atomic E-state index is -0.872. The Morgan fingerprint density at radius 3 is 2.60 bits per heavy atom. The van der Waals surface area contributed by atoms with Gasteiger partial charge in [-0.05, 0) is 43.5 Å². The average molecular weight is 343 g/mol. The van der Waals surface area contributed by atoms with Gasteiger partial charge in [0, 0.05) is 22.5 Å². The van der Waals surface area contributed by atoms with Crippen LogP contribution >= 0.6 is 0 Å². The van der Waals surface area contributed by atoms with E-state index in [1.807, 2.05) is 29.7 Å². The topological polar surface area (TPSA) is 68.5 Å². The van der Waals surface area contributed by atoms with E-state index < -0.39 is 5.97 Å². The first-order chi connectivity index (χ1) is 12.0. The summed E-state index contributed by atoms with van der Waals surface area (Å²) in [7, 11) is 1.59. The van der Waals surface area contributed by atoms with Gasteiger partial charge in [0.25, 0.3) is 0 Å². The molecule has 0 unspecified atom stereocenters. The van der Waals surface area contributed by atoms with Gasteiger partial charge in [-0.3, -0.25) is 9.59 Å². The molecule has 0 bridgehead atoms. The van der Waals surface area contributed by atoms with Crippen molar-refractivity contribution in [3.05, 3.63) is 29.5 Å². The number of aliphatic carboxylic acids is 1. The van der Waals surface area contributed by atoms with Gasteiger partial charge in [-0.2, -0.15) is 0 Å². The fraction of sp³-hybridized carbons (Fsp3) is 0.500. The fourth-order valence-electron chi connectivity index (χ4n) is 3.95. The summed E-state index contributed by atoms with van der Waals surface area (Å²) >= 11 is 0. The number of ether oxygens (including phenoxy) is 1. The molecule has 134 valence electrons. The van der Waals surface area contributed by atoms with Gasteiger partial charge < -0.3 is 14.4 Å². The van der Waals surface area contributed by atoms with E-state index in [-0.39, 0.29) is 18.1 Å². The number of ketones is 1. The first-order valence-corrected chi connectivity index (χ1v) is 8.91. The molecule has 1 N–H and O–H groups in total. The number of benzene rings is 1. The molecule has 0 aliphatic heterocycles. The zero-order chi connectivity index (χ0) is 18.0. The van der Waals surface area contributed by atoms with Crippen molar-refractivity contribution in [1.82, 2.24) is 4.57 Å². The second-order valence-electron chi connectivity index (χ2n) is 6.90. The number of hydrogen-bond donors (Lipinski definition) is 1. The lowest BCUT2D eigenvalue weighted by atomic mass is 9.86. The van der Waals surface area contributed by atoms with Crippen molar-refractivity contribution >= 4 is 22.7 Å². The molecular weight excluding hydrogens is 318 g/mol. The number of aromatic nitrogens is 1. The van der Waals surface area contributed by atoms with Crippen LogP contribution in [-0.4, -0.2) is 28.5 Å². The molecule has 0 atom stereocenters. The first-order valence-electron chi connectivity index (χ1n) is 8.91. The van der Waals surface area contributed by atoms with E-state index in [0.717, 1.165) is 47.8 Å². The first kappa shape index (κ1) is 17.5. The van der Waals surface area contributed by atoms with Gasteiger partial charge in [0.15, 0.2) is 5.78 Å². The highest BCUT2D eigenvalue weighted by Gasteiger charge is 2.24. The number of carbonyl (C=O) groups is 2. The summed E-state index contributed by atoms with van der Waals surface area (Å²) in [5.41, 5.74) is 2.52. The van der Waals surface area contributed by atoms with Crippen LogP contribution in [0.3, 0.4) is 0 Å². The van der Waals surface area contributed by atoms with Crippen LogP contribution in [0.5, 0.6) is 5.75 Å². The highest BCUT2D eigenvalue weighted by atomic mass is 16.5. The molecule has 0 amide bonds. The van der Waals surface area contributed by atoms with Crippen molar-refractivity contribution in [3.63, 3.8) is 0 Å². The van der Waals surface area contributed by atoms with E-state index in [9.17, 15) is 14.7 Å². The molecule has 2 aromatic rings. The van der Waals surface area contributed by atoms with Crippen LogP contribution in [0.2, 0.25) is 0 Å². The molecule has 1 fully saturated rings. The zero-order valence-corrected chi connectivity index (χ0v) is 14.9. The summed E-state index contributed by atoms with van der Waals surface area (Å²) in [5.74, 6) is 0.225. The van der Waals surface area contributed by atoms with Crippen molar-refractivity contribution in [2.24, 2.45) is 5.92 Å². The standard InChI is InChI=1S/C20H25NO4/c1-13-16(11-20(23)24)17-10-15(25-2)8-9-18(17)21(13)12-19(22)14-6-4-3-5-7-14/h8-10,14H,3-7,11-12H2,1-2H3,(H,23,24). The van der Waals surface area contributed by atoms with Crippen LogP contribution in [-0.2, 0) is 22.6 Å². The van der Waals surface area contributed by atoms with E-state index in [2.05, 4.69) is 0 Å². The molecule has 1 aliphatic rings. The summed E-state index contributed by atoms with van der Waals surface area (Å²) in [6.07, 6.45) is 5.38. The number of fused-ring (bicyclic) bond motifs is 1. The molecule has 1 aliphatic carbocycles. The number of methoxy groups -OCH3 is 1. The average Bonchev–Trinajstić information content (AvgIpc) is 2.87. The van der Waals surface area contributed by atoms with Gasteiger partial charge in [-0.15, -0.1) is 0 Å². The van der Waals surface area contributed by atoms with Crippen molar-refractivity contribution in [2.45, 2.75) is 52.0 Å². The second kappa shape index (κ2) is 7.30. The molecule has 5 heteroatoms. The van der Waals surface area contributed by atoms with Crippen LogP contribution < -0.4 is 4.74 Å². The van der Waals surface area contributed by atoms with Crippen molar-refractivity contribution in [1.29, 1.82) is 0 Å². The summed E-state index contributed by atoms with van der Waals surface area (Å²) in [6.45, 7) is 2.22. The second-order valence-corrected chi connectivity index (χ2v) is 6.90. The van der Waals surface area contributed by atoms with Gasteiger partial charge in [-0.1, -0.05) is 19.3 Å². The molecule has 1 heterocycles. The number of nitrogens with zero attached hydrogens (tertiary/aromatic N) is 1. The smallest absolute Gasteiger partial charge is 0.307 e. The number of carboxylic acid groups (broad SMARTS) is 1. The number of carboxylic acids is 1. The molecule has 0 radical (unpaired) electrons. The quantitative estimate of drug-likeness (QED) is 0.867. The Labute approximate surface area is 147 Å². The van der Waals surface area contributed by atoms with E-state index in [0.29, 0.717) is 12.3 Å². The van der Waals surface area contributed by atoms with Crippen molar-refractivity contribution < 1.29 is 19.4 Å². The summed E-state index contributed by atoms with van der Waals surface area (Å²) < 4.78 is 7.26. The lowest BCUT2D eigenvalue weighted by Gasteiger charge is -2.21. The Morgan fingerprint density at radius 2 is 1.96 bits per heavy atom. The summed E-state index contributed by atoms with van der Waals surface area (Å²) in [6, 6.07) is 5.64. The lowest BCUT2D eigenvalue weighted by molar-refractivity contribution is -0.136. The summed E-state index contributed by atoms with van der Waals surface area (Å²) in [5, 5.41) is 10.1. The zero-order valence-electron chi connectivity index (χ0n) is 14.9. The molecule has 1 aromatic carbocycles. The SMILES string of the molecule is COc1ccc2c(c1)c(CC(=O)O)c(C)n2CC(=O)C1CCCCC1. The van der Waals surface area contributed by atoms with E-state index >= 15 is 0 Å². The Bertz CT molecular complexity index is 800. The third-order valence-electron chi connectivity index (χ3n) is 5.36.